The minimum absolute atomic E-state index is 0.0612. The fourth-order valence-corrected chi connectivity index (χ4v) is 4.47. The van der Waals surface area contributed by atoms with Crippen LogP contribution in [0.15, 0.2) is 95.5 Å². The Morgan fingerprint density at radius 2 is 1.79 bits per heavy atom. The van der Waals surface area contributed by atoms with Crippen LogP contribution in [0.5, 0.6) is 0 Å². The van der Waals surface area contributed by atoms with Gasteiger partial charge in [0, 0.05) is 22.5 Å². The van der Waals surface area contributed by atoms with Crippen LogP contribution in [0.4, 0.5) is 5.69 Å². The maximum Gasteiger partial charge on any atom is 0.244 e. The molecule has 2 unspecified atom stereocenters. The molecule has 2 atom stereocenters. The molecule has 170 valence electrons. The predicted molar refractivity (Wildman–Crippen MR) is 136 cm³/mol. The summed E-state index contributed by atoms with van der Waals surface area (Å²) in [6.07, 6.45) is 1.74. The first kappa shape index (κ1) is 22.1. The van der Waals surface area contributed by atoms with Gasteiger partial charge in [-0.05, 0) is 72.9 Å². The van der Waals surface area contributed by atoms with Gasteiger partial charge in [-0.2, -0.15) is 0 Å². The van der Waals surface area contributed by atoms with Crippen molar-refractivity contribution >= 4 is 40.5 Å². The molecule has 4 aromatic rings. The van der Waals surface area contributed by atoms with Gasteiger partial charge >= 0.3 is 0 Å². The molecule has 1 fully saturated rings. The average Bonchev–Trinajstić information content (AvgIpc) is 3.46. The lowest BCUT2D eigenvalue weighted by Gasteiger charge is -2.25. The Bertz CT molecular complexity index is 1300. The van der Waals surface area contributed by atoms with Gasteiger partial charge in [-0.1, -0.05) is 35.9 Å². The summed E-state index contributed by atoms with van der Waals surface area (Å²) >= 11 is 11.7. The number of benzene rings is 2. The molecule has 0 spiro atoms. The van der Waals surface area contributed by atoms with Crippen LogP contribution < -0.4 is 10.6 Å². The van der Waals surface area contributed by atoms with Crippen molar-refractivity contribution < 1.29 is 9.21 Å². The Kier molecular flexibility index (Phi) is 6.29. The number of nitrogens with one attached hydrogen (secondary N) is 2. The molecule has 3 heterocycles. The number of aromatic nitrogens is 1. The Balaban J connectivity index is 1.46. The predicted octanol–water partition coefficient (Wildman–Crippen LogP) is 5.61. The fraction of sp³-hybridized carbons (Fsp3) is 0.115. The second-order valence-electron chi connectivity index (χ2n) is 7.88. The van der Waals surface area contributed by atoms with Gasteiger partial charge in [-0.25, -0.2) is 0 Å². The van der Waals surface area contributed by atoms with Crippen molar-refractivity contribution in [1.29, 1.82) is 0 Å². The lowest BCUT2D eigenvalue weighted by molar-refractivity contribution is -0.116. The molecule has 2 N–H and O–H groups in total. The molecule has 1 saturated heterocycles. The van der Waals surface area contributed by atoms with Gasteiger partial charge in [0.25, 0.3) is 0 Å². The molecule has 0 radical (unpaired) electrons. The zero-order valence-electron chi connectivity index (χ0n) is 18.0. The van der Waals surface area contributed by atoms with Crippen LogP contribution in [-0.2, 0) is 4.79 Å². The quantitative estimate of drug-likeness (QED) is 0.344. The van der Waals surface area contributed by atoms with Gasteiger partial charge in [0.2, 0.25) is 5.91 Å². The molecule has 1 amide bonds. The molecule has 1 aliphatic heterocycles. The highest BCUT2D eigenvalue weighted by atomic mass is 35.5. The lowest BCUT2D eigenvalue weighted by Crippen LogP contribution is -2.36. The number of halogens is 1. The Hall–Kier alpha value is -3.68. The molecule has 5 rings (SSSR count). The van der Waals surface area contributed by atoms with E-state index in [4.69, 9.17) is 28.2 Å². The van der Waals surface area contributed by atoms with E-state index in [0.717, 1.165) is 16.9 Å². The van der Waals surface area contributed by atoms with Gasteiger partial charge in [-0.15, -0.1) is 0 Å². The number of pyridine rings is 1. The van der Waals surface area contributed by atoms with Crippen molar-refractivity contribution in [3.8, 4) is 11.3 Å². The van der Waals surface area contributed by atoms with Crippen LogP contribution in [0.25, 0.3) is 11.3 Å². The number of para-hydroxylation sites is 1. The number of nitrogens with zero attached hydrogens (tertiary/aromatic N) is 2. The molecular formula is C26H21ClN4O2S. The first-order chi connectivity index (χ1) is 16.6. The smallest absolute Gasteiger partial charge is 0.244 e. The van der Waals surface area contributed by atoms with Gasteiger partial charge in [0.05, 0.1) is 11.7 Å². The molecular weight excluding hydrogens is 468 g/mol. The summed E-state index contributed by atoms with van der Waals surface area (Å²) < 4.78 is 6.28. The number of carbonyl (C=O) groups is 1. The SMILES string of the molecule is O=C(CN1C(=S)NC(c2ccccn2)C1c1ccc(-c2ccc(Cl)cc2)o1)Nc1ccccc1. The molecule has 6 nitrogen and oxygen atoms in total. The van der Waals surface area contributed by atoms with E-state index in [1.807, 2.05) is 89.8 Å². The van der Waals surface area contributed by atoms with Crippen molar-refractivity contribution in [3.05, 3.63) is 108 Å². The zero-order chi connectivity index (χ0) is 23.5. The van der Waals surface area contributed by atoms with Crippen LogP contribution in [-0.4, -0.2) is 27.4 Å². The number of amides is 1. The maximum absolute atomic E-state index is 12.9. The van der Waals surface area contributed by atoms with Crippen molar-refractivity contribution in [2.45, 2.75) is 12.1 Å². The minimum atomic E-state index is -0.357. The summed E-state index contributed by atoms with van der Waals surface area (Å²) in [5.74, 6) is 1.21. The van der Waals surface area contributed by atoms with Crippen LogP contribution in [0.2, 0.25) is 5.02 Å². The second-order valence-corrected chi connectivity index (χ2v) is 8.70. The van der Waals surface area contributed by atoms with E-state index in [9.17, 15) is 4.79 Å². The summed E-state index contributed by atoms with van der Waals surface area (Å²) in [4.78, 5) is 19.3. The summed E-state index contributed by atoms with van der Waals surface area (Å²) in [5, 5.41) is 7.38. The minimum Gasteiger partial charge on any atom is -0.459 e. The standard InChI is InChI=1S/C26H21ClN4O2S/c27-18-11-9-17(10-12-18)21-13-14-22(33-21)25-24(20-8-4-5-15-28-20)30-26(34)31(25)16-23(32)29-19-6-2-1-3-7-19/h1-15,24-25H,16H2,(H,29,32)(H,30,34). The highest BCUT2D eigenvalue weighted by Gasteiger charge is 2.42. The monoisotopic (exact) mass is 488 g/mol. The third kappa shape index (κ3) is 4.66. The maximum atomic E-state index is 12.9. The highest BCUT2D eigenvalue weighted by molar-refractivity contribution is 7.80. The summed E-state index contributed by atoms with van der Waals surface area (Å²) in [6.45, 7) is 0.0612. The van der Waals surface area contributed by atoms with Crippen molar-refractivity contribution in [3.63, 3.8) is 0 Å². The summed E-state index contributed by atoms with van der Waals surface area (Å²) in [7, 11) is 0. The molecule has 0 aliphatic carbocycles. The number of rotatable bonds is 6. The number of carbonyl (C=O) groups excluding carboxylic acids is 1. The second kappa shape index (κ2) is 9.67. The fourth-order valence-electron chi connectivity index (χ4n) is 4.04. The summed E-state index contributed by atoms with van der Waals surface area (Å²) in [5.41, 5.74) is 2.45. The van der Waals surface area contributed by atoms with E-state index < -0.39 is 0 Å². The first-order valence-electron chi connectivity index (χ1n) is 10.8. The third-order valence-corrected chi connectivity index (χ3v) is 6.22. The van der Waals surface area contributed by atoms with E-state index >= 15 is 0 Å². The molecule has 0 saturated carbocycles. The number of hydrogen-bond donors (Lipinski definition) is 2. The van der Waals surface area contributed by atoms with Crippen LogP contribution in [0.1, 0.15) is 23.5 Å². The number of anilines is 1. The molecule has 0 bridgehead atoms. The normalized spacial score (nSPS) is 17.4. The van der Waals surface area contributed by atoms with E-state index in [2.05, 4.69) is 15.6 Å². The largest absolute Gasteiger partial charge is 0.459 e. The highest BCUT2D eigenvalue weighted by Crippen LogP contribution is 2.40. The average molecular weight is 489 g/mol. The Morgan fingerprint density at radius 3 is 2.53 bits per heavy atom. The third-order valence-electron chi connectivity index (χ3n) is 5.62. The van der Waals surface area contributed by atoms with Gasteiger partial charge in [-0.3, -0.25) is 9.78 Å². The topological polar surface area (TPSA) is 70.4 Å². The van der Waals surface area contributed by atoms with Crippen LogP contribution >= 0.6 is 23.8 Å². The van der Waals surface area contributed by atoms with Gasteiger partial charge < -0.3 is 20.0 Å². The van der Waals surface area contributed by atoms with Crippen LogP contribution in [0.3, 0.4) is 0 Å². The van der Waals surface area contributed by atoms with Crippen molar-refractivity contribution in [2.75, 3.05) is 11.9 Å². The van der Waals surface area contributed by atoms with Crippen LogP contribution in [0, 0.1) is 0 Å². The molecule has 2 aromatic heterocycles. The molecule has 1 aliphatic rings. The van der Waals surface area contributed by atoms with Gasteiger partial charge in [0.15, 0.2) is 5.11 Å². The van der Waals surface area contributed by atoms with E-state index in [-0.39, 0.29) is 24.5 Å². The van der Waals surface area contributed by atoms with E-state index in [1.165, 1.54) is 0 Å². The zero-order valence-corrected chi connectivity index (χ0v) is 19.6. The van der Waals surface area contributed by atoms with Gasteiger partial charge in [0.1, 0.15) is 24.1 Å². The molecule has 8 heteroatoms. The Morgan fingerprint density at radius 1 is 1.03 bits per heavy atom. The van der Waals surface area contributed by atoms with Crippen molar-refractivity contribution in [1.82, 2.24) is 15.2 Å². The number of furan rings is 1. The molecule has 2 aromatic carbocycles. The molecule has 34 heavy (non-hydrogen) atoms. The first-order valence-corrected chi connectivity index (χ1v) is 11.6. The summed E-state index contributed by atoms with van der Waals surface area (Å²) in [6, 6.07) is 25.7. The lowest BCUT2D eigenvalue weighted by atomic mass is 10.0. The van der Waals surface area contributed by atoms with E-state index in [1.54, 1.807) is 6.20 Å². The van der Waals surface area contributed by atoms with Crippen molar-refractivity contribution in [2.24, 2.45) is 0 Å². The number of thiocarbonyl (C=S) groups is 1. The number of hydrogen-bond acceptors (Lipinski definition) is 4. The van der Waals surface area contributed by atoms with E-state index in [0.29, 0.717) is 21.7 Å². The Labute approximate surface area is 207 Å².